The normalized spacial score (nSPS) is 45.6. The largest absolute Gasteiger partial charge is 0.299 e. The third kappa shape index (κ3) is 3.63. The highest BCUT2D eigenvalue weighted by Crippen LogP contribution is 2.68. The molecule has 0 heterocycles. The molecule has 0 aliphatic heterocycles. The van der Waals surface area contributed by atoms with Crippen LogP contribution in [0.4, 0.5) is 0 Å². The van der Waals surface area contributed by atoms with Gasteiger partial charge >= 0.3 is 0 Å². The third-order valence-corrected chi connectivity index (χ3v) is 11.6. The maximum absolute atomic E-state index is 12.7. The van der Waals surface area contributed by atoms with E-state index in [-0.39, 0.29) is 0 Å². The van der Waals surface area contributed by atoms with E-state index in [0.717, 1.165) is 54.3 Å². The van der Waals surface area contributed by atoms with Crippen molar-refractivity contribution >= 4 is 5.78 Å². The monoisotopic (exact) mass is 414 g/mol. The molecule has 0 amide bonds. The highest BCUT2D eigenvalue weighted by Gasteiger charge is 2.61. The van der Waals surface area contributed by atoms with Crippen molar-refractivity contribution in [2.75, 3.05) is 0 Å². The molecule has 0 spiro atoms. The molecule has 0 radical (unpaired) electrons. The number of ketones is 1. The lowest BCUT2D eigenvalue weighted by Crippen LogP contribution is -2.54. The summed E-state index contributed by atoms with van der Waals surface area (Å²) in [7, 11) is 0. The van der Waals surface area contributed by atoms with Gasteiger partial charge in [0.1, 0.15) is 5.78 Å². The first kappa shape index (κ1) is 22.8. The Balaban J connectivity index is 1.47. The van der Waals surface area contributed by atoms with Crippen LogP contribution in [0.3, 0.4) is 0 Å². The average molecular weight is 415 g/mol. The molecule has 4 saturated carbocycles. The van der Waals surface area contributed by atoms with Crippen molar-refractivity contribution in [3.63, 3.8) is 0 Å². The molecule has 0 saturated heterocycles. The minimum absolute atomic E-state index is 0.328. The van der Waals surface area contributed by atoms with Gasteiger partial charge in [0.05, 0.1) is 0 Å². The Labute approximate surface area is 187 Å². The second-order valence-electron chi connectivity index (χ2n) is 13.0. The highest BCUT2D eigenvalue weighted by molar-refractivity contribution is 5.82. The van der Waals surface area contributed by atoms with Gasteiger partial charge in [0, 0.05) is 12.3 Å². The van der Waals surface area contributed by atoms with Gasteiger partial charge in [-0.3, -0.25) is 4.79 Å². The van der Waals surface area contributed by atoms with E-state index in [2.05, 4.69) is 41.5 Å². The predicted octanol–water partition coefficient (Wildman–Crippen LogP) is 8.31. The summed E-state index contributed by atoms with van der Waals surface area (Å²) >= 11 is 0. The second kappa shape index (κ2) is 8.55. The molecule has 0 aromatic rings. The topological polar surface area (TPSA) is 17.1 Å². The quantitative estimate of drug-likeness (QED) is 0.427. The van der Waals surface area contributed by atoms with Gasteiger partial charge in [-0.2, -0.15) is 0 Å². The van der Waals surface area contributed by atoms with E-state index in [1.807, 2.05) is 0 Å². The highest BCUT2D eigenvalue weighted by atomic mass is 16.1. The van der Waals surface area contributed by atoms with Gasteiger partial charge in [0.15, 0.2) is 0 Å². The van der Waals surface area contributed by atoms with Crippen LogP contribution in [0.5, 0.6) is 0 Å². The molecular weight excluding hydrogens is 364 g/mol. The molecule has 1 nitrogen and oxygen atoms in total. The fourth-order valence-electron chi connectivity index (χ4n) is 9.82. The fourth-order valence-corrected chi connectivity index (χ4v) is 9.82. The summed E-state index contributed by atoms with van der Waals surface area (Å²) in [5.74, 6) is 7.25. The smallest absolute Gasteiger partial charge is 0.136 e. The van der Waals surface area contributed by atoms with Crippen molar-refractivity contribution in [3.8, 4) is 0 Å². The standard InChI is InChI=1S/C29H50O/c1-7-21(19(2)3)11-10-20(4)23-14-15-24-22-12-13-26-27(30)9-8-17-28(26,5)25(22)16-18-29(23,24)6/h19-26H,7-18H2,1-6H3/t20-,21-,22-,23-,24+,25+,26?,28+,29-/m1/s1. The Hall–Kier alpha value is -0.330. The summed E-state index contributed by atoms with van der Waals surface area (Å²) in [6.45, 7) is 15.0. The maximum atomic E-state index is 12.7. The molecule has 0 bridgehead atoms. The molecule has 4 aliphatic rings. The van der Waals surface area contributed by atoms with Crippen LogP contribution >= 0.6 is 0 Å². The Morgan fingerprint density at radius 2 is 1.63 bits per heavy atom. The van der Waals surface area contributed by atoms with E-state index in [4.69, 9.17) is 0 Å². The molecule has 0 aromatic heterocycles. The Kier molecular flexibility index (Phi) is 6.51. The Morgan fingerprint density at radius 3 is 2.33 bits per heavy atom. The van der Waals surface area contributed by atoms with Crippen LogP contribution in [0.25, 0.3) is 0 Å². The van der Waals surface area contributed by atoms with Crippen molar-refractivity contribution < 1.29 is 4.79 Å². The third-order valence-electron chi connectivity index (χ3n) is 11.6. The second-order valence-corrected chi connectivity index (χ2v) is 13.0. The van der Waals surface area contributed by atoms with Gasteiger partial charge in [-0.1, -0.05) is 54.4 Å². The van der Waals surface area contributed by atoms with Gasteiger partial charge in [0.2, 0.25) is 0 Å². The van der Waals surface area contributed by atoms with Crippen LogP contribution in [-0.2, 0) is 4.79 Å². The first-order valence-corrected chi connectivity index (χ1v) is 13.7. The predicted molar refractivity (Wildman–Crippen MR) is 127 cm³/mol. The molecular formula is C29H50O. The minimum atomic E-state index is 0.328. The van der Waals surface area contributed by atoms with E-state index in [9.17, 15) is 4.79 Å². The first-order valence-electron chi connectivity index (χ1n) is 13.7. The summed E-state index contributed by atoms with van der Waals surface area (Å²) in [4.78, 5) is 12.7. The molecule has 1 unspecified atom stereocenters. The van der Waals surface area contributed by atoms with Crippen molar-refractivity contribution in [2.24, 2.45) is 58.2 Å². The Bertz CT molecular complexity index is 622. The zero-order valence-corrected chi connectivity index (χ0v) is 21.0. The maximum Gasteiger partial charge on any atom is 0.136 e. The number of hydrogen-bond acceptors (Lipinski definition) is 1. The summed E-state index contributed by atoms with van der Waals surface area (Å²) in [5, 5.41) is 0. The van der Waals surface area contributed by atoms with Gasteiger partial charge in [-0.15, -0.1) is 0 Å². The summed E-state index contributed by atoms with van der Waals surface area (Å²) < 4.78 is 0. The van der Waals surface area contributed by atoms with E-state index in [0.29, 0.717) is 22.5 Å². The van der Waals surface area contributed by atoms with Crippen molar-refractivity contribution in [1.29, 1.82) is 0 Å². The molecule has 4 aliphatic carbocycles. The van der Waals surface area contributed by atoms with Crippen molar-refractivity contribution in [3.05, 3.63) is 0 Å². The number of carbonyl (C=O) groups excluding carboxylic acids is 1. The molecule has 4 fully saturated rings. The summed E-state index contributed by atoms with van der Waals surface area (Å²) in [6.07, 6.45) is 15.9. The van der Waals surface area contributed by atoms with Gasteiger partial charge in [0.25, 0.3) is 0 Å². The van der Waals surface area contributed by atoms with Crippen LogP contribution in [0.1, 0.15) is 119 Å². The molecule has 1 heteroatoms. The molecule has 0 aromatic carbocycles. The Morgan fingerprint density at radius 1 is 0.900 bits per heavy atom. The molecule has 30 heavy (non-hydrogen) atoms. The number of fused-ring (bicyclic) bond motifs is 5. The molecule has 172 valence electrons. The van der Waals surface area contributed by atoms with Crippen LogP contribution in [0, 0.1) is 58.2 Å². The van der Waals surface area contributed by atoms with Crippen molar-refractivity contribution in [1.82, 2.24) is 0 Å². The van der Waals surface area contributed by atoms with Crippen LogP contribution < -0.4 is 0 Å². The summed E-state index contributed by atoms with van der Waals surface area (Å²) in [6, 6.07) is 0. The van der Waals surface area contributed by atoms with E-state index in [1.165, 1.54) is 64.2 Å². The zero-order valence-electron chi connectivity index (χ0n) is 21.0. The van der Waals surface area contributed by atoms with Crippen LogP contribution in [0.2, 0.25) is 0 Å². The van der Waals surface area contributed by atoms with E-state index >= 15 is 0 Å². The summed E-state index contributed by atoms with van der Waals surface area (Å²) in [5.41, 5.74) is 0.900. The fraction of sp³-hybridized carbons (Fsp3) is 0.966. The van der Waals surface area contributed by atoms with Crippen LogP contribution in [-0.4, -0.2) is 5.78 Å². The SMILES string of the molecule is CC[C@H](CC[C@@H](C)[C@H]1CC[C@H]2[C@H]3CCC4C(=O)CCC[C@@]4(C)[C@H]3CC[C@]12C)C(C)C. The number of hydrogen-bond donors (Lipinski definition) is 0. The van der Waals surface area contributed by atoms with E-state index < -0.39 is 0 Å². The zero-order chi connectivity index (χ0) is 21.7. The van der Waals surface area contributed by atoms with Crippen molar-refractivity contribution in [2.45, 2.75) is 119 Å². The number of rotatable bonds is 6. The first-order chi connectivity index (χ1) is 14.2. The number of Topliss-reactive ketones (excluding diaryl/α,β-unsaturated/α-hetero) is 1. The lowest BCUT2D eigenvalue weighted by Gasteiger charge is -2.60. The lowest BCUT2D eigenvalue weighted by atomic mass is 9.44. The number of carbonyl (C=O) groups is 1. The van der Waals surface area contributed by atoms with Gasteiger partial charge < -0.3 is 0 Å². The minimum Gasteiger partial charge on any atom is -0.299 e. The van der Waals surface area contributed by atoms with E-state index in [1.54, 1.807) is 0 Å². The molecule has 9 atom stereocenters. The molecule has 4 rings (SSSR count). The van der Waals surface area contributed by atoms with Crippen LogP contribution in [0.15, 0.2) is 0 Å². The van der Waals surface area contributed by atoms with Gasteiger partial charge in [-0.05, 0) is 110 Å². The lowest BCUT2D eigenvalue weighted by molar-refractivity contribution is -0.149. The van der Waals surface area contributed by atoms with Gasteiger partial charge in [-0.25, -0.2) is 0 Å². The molecule has 0 N–H and O–H groups in total. The average Bonchev–Trinajstić information content (AvgIpc) is 3.05.